The van der Waals surface area contributed by atoms with Crippen LogP contribution >= 0.6 is 11.3 Å². The average Bonchev–Trinajstić information content (AvgIpc) is 3.01. The molecule has 0 saturated carbocycles. The number of ether oxygens (including phenoxy) is 1. The van der Waals surface area contributed by atoms with Crippen molar-refractivity contribution in [3.8, 4) is 11.6 Å². The summed E-state index contributed by atoms with van der Waals surface area (Å²) >= 11 is 1.35. The Balaban J connectivity index is 2.04. The molecule has 132 valence electrons. The van der Waals surface area contributed by atoms with E-state index in [1.165, 1.54) is 11.3 Å². The van der Waals surface area contributed by atoms with E-state index < -0.39 is 0 Å². The number of aromatic nitrogens is 3. The van der Waals surface area contributed by atoms with Crippen LogP contribution in [0, 0.1) is 6.92 Å². The van der Waals surface area contributed by atoms with Crippen LogP contribution in [0.15, 0.2) is 41.5 Å². The third-order valence-corrected chi connectivity index (χ3v) is 5.37. The lowest BCUT2D eigenvalue weighted by Crippen LogP contribution is -2.17. The highest BCUT2D eigenvalue weighted by Gasteiger charge is 2.18. The third kappa shape index (κ3) is 2.52. The number of fused-ring (bicyclic) bond motifs is 3. The summed E-state index contributed by atoms with van der Waals surface area (Å²) in [4.78, 5) is 24.9. The Morgan fingerprint density at radius 2 is 1.92 bits per heavy atom. The highest BCUT2D eigenvalue weighted by atomic mass is 32.1. The van der Waals surface area contributed by atoms with Crippen molar-refractivity contribution in [2.45, 2.75) is 6.92 Å². The van der Waals surface area contributed by atoms with Crippen LogP contribution in [0.5, 0.6) is 5.88 Å². The van der Waals surface area contributed by atoms with E-state index >= 15 is 0 Å². The number of anilines is 1. The van der Waals surface area contributed by atoms with Crippen LogP contribution in [0.3, 0.4) is 0 Å². The van der Waals surface area contributed by atoms with Crippen molar-refractivity contribution >= 4 is 37.5 Å². The van der Waals surface area contributed by atoms with Crippen molar-refractivity contribution in [3.63, 3.8) is 0 Å². The molecule has 0 spiro atoms. The Labute approximate surface area is 154 Å². The summed E-state index contributed by atoms with van der Waals surface area (Å²) in [5.74, 6) is 0.520. The van der Waals surface area contributed by atoms with Gasteiger partial charge in [0.25, 0.3) is 5.56 Å². The number of pyridine rings is 1. The van der Waals surface area contributed by atoms with E-state index in [4.69, 9.17) is 4.74 Å². The Morgan fingerprint density at radius 1 is 1.19 bits per heavy atom. The van der Waals surface area contributed by atoms with Gasteiger partial charge in [0.2, 0.25) is 5.88 Å². The van der Waals surface area contributed by atoms with Crippen LogP contribution in [0.25, 0.3) is 26.1 Å². The number of thiophene rings is 1. The summed E-state index contributed by atoms with van der Waals surface area (Å²) in [5, 5.41) is 0.879. The van der Waals surface area contributed by atoms with Crippen molar-refractivity contribution in [3.05, 3.63) is 52.6 Å². The number of benzene rings is 1. The fourth-order valence-electron chi connectivity index (χ4n) is 2.93. The van der Waals surface area contributed by atoms with Gasteiger partial charge in [0.15, 0.2) is 0 Å². The van der Waals surface area contributed by atoms with E-state index in [0.717, 1.165) is 27.2 Å². The highest BCUT2D eigenvalue weighted by molar-refractivity contribution is 7.25. The molecule has 26 heavy (non-hydrogen) atoms. The van der Waals surface area contributed by atoms with Crippen molar-refractivity contribution in [2.24, 2.45) is 0 Å². The van der Waals surface area contributed by atoms with E-state index in [1.54, 1.807) is 18.0 Å². The fraction of sp³-hybridized carbons (Fsp3) is 0.211. The molecule has 0 atom stereocenters. The molecule has 4 rings (SSSR count). The van der Waals surface area contributed by atoms with E-state index in [0.29, 0.717) is 16.1 Å². The zero-order valence-electron chi connectivity index (χ0n) is 15.0. The molecule has 1 aromatic carbocycles. The first-order chi connectivity index (χ1) is 12.5. The predicted molar refractivity (Wildman–Crippen MR) is 106 cm³/mol. The molecule has 0 bridgehead atoms. The summed E-state index contributed by atoms with van der Waals surface area (Å²) in [7, 11) is 5.49. The second-order valence-electron chi connectivity index (χ2n) is 6.29. The first-order valence-electron chi connectivity index (χ1n) is 8.13. The number of methoxy groups -OCH3 is 1. The summed E-state index contributed by atoms with van der Waals surface area (Å²) in [6.45, 7) is 2.02. The second kappa shape index (κ2) is 6.10. The number of hydrogen-bond acceptors (Lipinski definition) is 6. The third-order valence-electron chi connectivity index (χ3n) is 4.31. The first-order valence-corrected chi connectivity index (χ1v) is 8.94. The molecule has 0 radical (unpaired) electrons. The minimum Gasteiger partial charge on any atom is -0.481 e. The molecule has 0 unspecified atom stereocenters. The molecular formula is C19H18N4O2S. The van der Waals surface area contributed by atoms with Crippen LogP contribution in [0.2, 0.25) is 0 Å². The summed E-state index contributed by atoms with van der Waals surface area (Å²) in [5.41, 5.74) is 3.45. The largest absolute Gasteiger partial charge is 0.481 e. The van der Waals surface area contributed by atoms with Gasteiger partial charge in [-0.25, -0.2) is 9.97 Å². The SMILES string of the molecule is COc1cc(N(C)C)c2c(n1)sc1c(=O)n(-c3ccc(C)cc3)cnc12. The monoisotopic (exact) mass is 366 g/mol. The summed E-state index contributed by atoms with van der Waals surface area (Å²) < 4.78 is 7.47. The molecule has 0 fully saturated rings. The van der Waals surface area contributed by atoms with Gasteiger partial charge in [-0.3, -0.25) is 9.36 Å². The van der Waals surface area contributed by atoms with Crippen LogP contribution in [-0.2, 0) is 0 Å². The Hall–Kier alpha value is -2.93. The molecule has 3 aromatic heterocycles. The maximum atomic E-state index is 13.1. The van der Waals surface area contributed by atoms with E-state index in [2.05, 4.69) is 9.97 Å². The summed E-state index contributed by atoms with van der Waals surface area (Å²) in [6.07, 6.45) is 1.59. The maximum absolute atomic E-state index is 13.1. The standard InChI is InChI=1S/C19H18N4O2S/c1-11-5-7-12(8-6-11)23-10-20-16-15-13(22(2)3)9-14(25-4)21-18(15)26-17(16)19(23)24/h5-10H,1-4H3. The molecule has 0 aliphatic heterocycles. The van der Waals surface area contributed by atoms with Crippen LogP contribution in [-0.4, -0.2) is 35.7 Å². The number of hydrogen-bond donors (Lipinski definition) is 0. The molecule has 0 saturated heterocycles. The van der Waals surface area contributed by atoms with Crippen LogP contribution in [0.1, 0.15) is 5.56 Å². The van der Waals surface area contributed by atoms with Crippen molar-refractivity contribution in [2.75, 3.05) is 26.1 Å². The summed E-state index contributed by atoms with van der Waals surface area (Å²) in [6, 6.07) is 9.66. The maximum Gasteiger partial charge on any atom is 0.275 e. The topological polar surface area (TPSA) is 60.2 Å². The molecule has 4 aromatic rings. The average molecular weight is 366 g/mol. The smallest absolute Gasteiger partial charge is 0.275 e. The minimum atomic E-state index is -0.0921. The molecule has 7 heteroatoms. The molecular weight excluding hydrogens is 348 g/mol. The molecule has 3 heterocycles. The van der Waals surface area contributed by atoms with Gasteiger partial charge in [0, 0.05) is 20.2 Å². The molecule has 0 aliphatic carbocycles. The lowest BCUT2D eigenvalue weighted by Gasteiger charge is -2.14. The normalized spacial score (nSPS) is 11.2. The Kier molecular flexibility index (Phi) is 3.88. The number of rotatable bonds is 3. The lowest BCUT2D eigenvalue weighted by atomic mass is 10.2. The van der Waals surface area contributed by atoms with Crippen LogP contribution < -0.4 is 15.2 Å². The van der Waals surface area contributed by atoms with Gasteiger partial charge in [-0.1, -0.05) is 17.7 Å². The van der Waals surface area contributed by atoms with Gasteiger partial charge in [0.1, 0.15) is 21.4 Å². The molecule has 0 amide bonds. The van der Waals surface area contributed by atoms with Gasteiger partial charge in [-0.05, 0) is 19.1 Å². The van der Waals surface area contributed by atoms with Gasteiger partial charge in [-0.2, -0.15) is 0 Å². The molecule has 6 nitrogen and oxygen atoms in total. The van der Waals surface area contributed by atoms with E-state index in [9.17, 15) is 4.79 Å². The van der Waals surface area contributed by atoms with Crippen molar-refractivity contribution in [1.29, 1.82) is 0 Å². The highest BCUT2D eigenvalue weighted by Crippen LogP contribution is 2.37. The Morgan fingerprint density at radius 3 is 2.58 bits per heavy atom. The first kappa shape index (κ1) is 16.5. The zero-order chi connectivity index (χ0) is 18.4. The van der Waals surface area contributed by atoms with E-state index in [1.807, 2.05) is 56.3 Å². The minimum absolute atomic E-state index is 0.0921. The van der Waals surface area contributed by atoms with E-state index in [-0.39, 0.29) is 5.56 Å². The van der Waals surface area contributed by atoms with Crippen molar-refractivity contribution < 1.29 is 4.74 Å². The van der Waals surface area contributed by atoms with Gasteiger partial charge < -0.3 is 9.64 Å². The van der Waals surface area contributed by atoms with Gasteiger partial charge >= 0.3 is 0 Å². The van der Waals surface area contributed by atoms with Gasteiger partial charge in [0.05, 0.1) is 23.9 Å². The number of nitrogens with zero attached hydrogens (tertiary/aromatic N) is 4. The second-order valence-corrected chi connectivity index (χ2v) is 7.29. The van der Waals surface area contributed by atoms with Gasteiger partial charge in [-0.15, -0.1) is 11.3 Å². The quantitative estimate of drug-likeness (QED) is 0.556. The molecule has 0 N–H and O–H groups in total. The molecule has 0 aliphatic rings. The fourth-order valence-corrected chi connectivity index (χ4v) is 4.00. The predicted octanol–water partition coefficient (Wildman–Crippen LogP) is 3.38. The van der Waals surface area contributed by atoms with Crippen molar-refractivity contribution in [1.82, 2.24) is 14.5 Å². The zero-order valence-corrected chi connectivity index (χ0v) is 15.8. The lowest BCUT2D eigenvalue weighted by molar-refractivity contribution is 0.400. The van der Waals surface area contributed by atoms with Crippen LogP contribution in [0.4, 0.5) is 5.69 Å². The Bertz CT molecular complexity index is 1180. The number of aryl methyl sites for hydroxylation is 1.